The average Bonchev–Trinajstić information content (AvgIpc) is 2.59. The van der Waals surface area contributed by atoms with Crippen LogP contribution in [0.5, 0.6) is 0 Å². The molecular weight excluding hydrogens is 196 g/mol. The van der Waals surface area contributed by atoms with E-state index in [-0.39, 0.29) is 0 Å². The fourth-order valence-electron chi connectivity index (χ4n) is 3.30. The largest absolute Gasteiger partial charge is 0.315 e. The van der Waals surface area contributed by atoms with Crippen LogP contribution < -0.4 is 5.32 Å². The van der Waals surface area contributed by atoms with E-state index in [1.54, 1.807) is 0 Å². The van der Waals surface area contributed by atoms with Gasteiger partial charge in [-0.2, -0.15) is 0 Å². The molecule has 0 aromatic carbocycles. The minimum atomic E-state index is 0.796. The first-order valence-corrected chi connectivity index (χ1v) is 7.27. The van der Waals surface area contributed by atoms with E-state index in [4.69, 9.17) is 0 Å². The molecule has 0 aromatic rings. The van der Waals surface area contributed by atoms with Gasteiger partial charge in [0.2, 0.25) is 0 Å². The molecule has 0 aromatic heterocycles. The van der Waals surface area contributed by atoms with Gasteiger partial charge in [-0.15, -0.1) is 0 Å². The van der Waals surface area contributed by atoms with Gasteiger partial charge in [-0.1, -0.05) is 25.7 Å². The molecule has 1 aliphatic heterocycles. The summed E-state index contributed by atoms with van der Waals surface area (Å²) in [4.78, 5) is 2.63. The van der Waals surface area contributed by atoms with Gasteiger partial charge in [0.15, 0.2) is 0 Å². The number of nitrogens with zero attached hydrogens (tertiary/aromatic N) is 1. The number of likely N-dealkylation sites (N-methyl/N-ethyl adjacent to an activating group) is 1. The molecule has 1 saturated heterocycles. The second-order valence-electron chi connectivity index (χ2n) is 5.80. The maximum atomic E-state index is 3.57. The van der Waals surface area contributed by atoms with Gasteiger partial charge in [-0.3, -0.25) is 0 Å². The summed E-state index contributed by atoms with van der Waals surface area (Å²) in [5.41, 5.74) is 0. The van der Waals surface area contributed by atoms with Crippen molar-refractivity contribution in [3.63, 3.8) is 0 Å². The molecule has 94 valence electrons. The van der Waals surface area contributed by atoms with E-state index in [1.807, 2.05) is 0 Å². The smallest absolute Gasteiger partial charge is 0.0217 e. The Morgan fingerprint density at radius 3 is 2.56 bits per heavy atom. The number of hydrogen-bond donors (Lipinski definition) is 1. The second kappa shape index (κ2) is 6.61. The van der Waals surface area contributed by atoms with Gasteiger partial charge >= 0.3 is 0 Å². The Balaban J connectivity index is 1.74. The third-order valence-electron chi connectivity index (χ3n) is 4.42. The Kier molecular flexibility index (Phi) is 5.11. The van der Waals surface area contributed by atoms with E-state index in [9.17, 15) is 0 Å². The lowest BCUT2D eigenvalue weighted by molar-refractivity contribution is 0.175. The van der Waals surface area contributed by atoms with E-state index in [0.29, 0.717) is 0 Å². The summed E-state index contributed by atoms with van der Waals surface area (Å²) in [7, 11) is 2.34. The molecule has 1 saturated carbocycles. The lowest BCUT2D eigenvalue weighted by Gasteiger charge is -2.32. The molecule has 16 heavy (non-hydrogen) atoms. The molecule has 2 aliphatic rings. The van der Waals surface area contributed by atoms with Crippen molar-refractivity contribution in [2.45, 2.75) is 57.4 Å². The Bertz CT molecular complexity index is 179. The molecule has 0 amide bonds. The highest BCUT2D eigenvalue weighted by atomic mass is 15.2. The third kappa shape index (κ3) is 3.74. The molecule has 0 bridgehead atoms. The van der Waals surface area contributed by atoms with Crippen LogP contribution in [0.15, 0.2) is 0 Å². The van der Waals surface area contributed by atoms with Crippen LogP contribution in [0.1, 0.15) is 51.4 Å². The fraction of sp³-hybridized carbons (Fsp3) is 1.00. The Labute approximate surface area is 101 Å². The van der Waals surface area contributed by atoms with Crippen LogP contribution in [0.25, 0.3) is 0 Å². The molecule has 1 N–H and O–H groups in total. The molecule has 2 fully saturated rings. The summed E-state index contributed by atoms with van der Waals surface area (Å²) in [5, 5.41) is 3.57. The first kappa shape index (κ1) is 12.4. The number of hydrogen-bond acceptors (Lipinski definition) is 2. The van der Waals surface area contributed by atoms with E-state index >= 15 is 0 Å². The zero-order valence-corrected chi connectivity index (χ0v) is 10.9. The van der Waals surface area contributed by atoms with Crippen LogP contribution in [-0.2, 0) is 0 Å². The summed E-state index contributed by atoms with van der Waals surface area (Å²) in [5.74, 6) is 0.988. The molecule has 1 aliphatic carbocycles. The van der Waals surface area contributed by atoms with Crippen molar-refractivity contribution in [1.82, 2.24) is 10.2 Å². The molecule has 2 heteroatoms. The highest BCUT2D eigenvalue weighted by molar-refractivity contribution is 4.78. The maximum absolute atomic E-state index is 3.57. The quantitative estimate of drug-likeness (QED) is 0.793. The van der Waals surface area contributed by atoms with Gasteiger partial charge in [0, 0.05) is 19.1 Å². The van der Waals surface area contributed by atoms with Gasteiger partial charge in [-0.25, -0.2) is 0 Å². The third-order valence-corrected chi connectivity index (χ3v) is 4.42. The van der Waals surface area contributed by atoms with E-state index in [1.165, 1.54) is 71.0 Å². The molecule has 0 spiro atoms. The van der Waals surface area contributed by atoms with Gasteiger partial charge in [0.25, 0.3) is 0 Å². The van der Waals surface area contributed by atoms with E-state index in [2.05, 4.69) is 17.3 Å². The summed E-state index contributed by atoms with van der Waals surface area (Å²) >= 11 is 0. The predicted octanol–water partition coefficient (Wildman–Crippen LogP) is 2.64. The normalized spacial score (nSPS) is 29.2. The van der Waals surface area contributed by atoms with Crippen molar-refractivity contribution in [3.8, 4) is 0 Å². The molecule has 1 atom stereocenters. The molecule has 1 unspecified atom stereocenters. The van der Waals surface area contributed by atoms with Crippen LogP contribution in [0, 0.1) is 5.92 Å². The summed E-state index contributed by atoms with van der Waals surface area (Å²) in [6.07, 6.45) is 11.6. The maximum Gasteiger partial charge on any atom is 0.0217 e. The highest BCUT2D eigenvalue weighted by Crippen LogP contribution is 2.25. The standard InChI is InChI=1S/C14H28N2/c1-16(12-13-7-3-2-4-8-13)14-9-5-6-10-15-11-14/h13-15H,2-12H2,1H3. The Morgan fingerprint density at radius 1 is 1.00 bits per heavy atom. The lowest BCUT2D eigenvalue weighted by Crippen LogP contribution is -2.41. The van der Waals surface area contributed by atoms with Crippen LogP contribution >= 0.6 is 0 Å². The summed E-state index contributed by atoms with van der Waals surface area (Å²) < 4.78 is 0. The van der Waals surface area contributed by atoms with Crippen LogP contribution in [0.3, 0.4) is 0 Å². The monoisotopic (exact) mass is 224 g/mol. The zero-order valence-electron chi connectivity index (χ0n) is 10.9. The molecular formula is C14H28N2. The molecule has 2 rings (SSSR count). The molecule has 1 heterocycles. The molecule has 2 nitrogen and oxygen atoms in total. The van der Waals surface area contributed by atoms with Crippen molar-refractivity contribution in [2.75, 3.05) is 26.7 Å². The minimum absolute atomic E-state index is 0.796. The highest BCUT2D eigenvalue weighted by Gasteiger charge is 2.21. The van der Waals surface area contributed by atoms with Gasteiger partial charge in [-0.05, 0) is 45.2 Å². The van der Waals surface area contributed by atoms with E-state index in [0.717, 1.165) is 12.0 Å². The Hall–Kier alpha value is -0.0800. The number of nitrogens with one attached hydrogen (secondary N) is 1. The zero-order chi connectivity index (χ0) is 11.2. The van der Waals surface area contributed by atoms with Crippen LogP contribution in [0.4, 0.5) is 0 Å². The van der Waals surface area contributed by atoms with Crippen molar-refractivity contribution in [1.29, 1.82) is 0 Å². The van der Waals surface area contributed by atoms with Crippen molar-refractivity contribution in [2.24, 2.45) is 5.92 Å². The van der Waals surface area contributed by atoms with Gasteiger partial charge in [0.05, 0.1) is 0 Å². The van der Waals surface area contributed by atoms with Crippen molar-refractivity contribution < 1.29 is 0 Å². The first-order chi connectivity index (χ1) is 7.86. The van der Waals surface area contributed by atoms with Crippen LogP contribution in [-0.4, -0.2) is 37.6 Å². The number of rotatable bonds is 3. The molecule has 0 radical (unpaired) electrons. The summed E-state index contributed by atoms with van der Waals surface area (Å²) in [6, 6.07) is 0.796. The second-order valence-corrected chi connectivity index (χ2v) is 5.80. The lowest BCUT2D eigenvalue weighted by atomic mass is 9.88. The SMILES string of the molecule is CN(CC1CCCCC1)C1CCCCNC1. The van der Waals surface area contributed by atoms with Crippen molar-refractivity contribution >= 4 is 0 Å². The Morgan fingerprint density at radius 2 is 1.75 bits per heavy atom. The predicted molar refractivity (Wildman–Crippen MR) is 69.7 cm³/mol. The average molecular weight is 224 g/mol. The van der Waals surface area contributed by atoms with E-state index < -0.39 is 0 Å². The fourth-order valence-corrected chi connectivity index (χ4v) is 3.30. The van der Waals surface area contributed by atoms with Crippen molar-refractivity contribution in [3.05, 3.63) is 0 Å². The minimum Gasteiger partial charge on any atom is -0.315 e. The summed E-state index contributed by atoms with van der Waals surface area (Å²) in [6.45, 7) is 3.78. The van der Waals surface area contributed by atoms with Gasteiger partial charge in [0.1, 0.15) is 0 Å². The first-order valence-electron chi connectivity index (χ1n) is 7.27. The topological polar surface area (TPSA) is 15.3 Å². The van der Waals surface area contributed by atoms with Gasteiger partial charge < -0.3 is 10.2 Å². The van der Waals surface area contributed by atoms with Crippen LogP contribution in [0.2, 0.25) is 0 Å².